The van der Waals surface area contributed by atoms with Crippen molar-refractivity contribution in [1.29, 1.82) is 0 Å². The average molecular weight is 420 g/mol. The molecular weight excluding hydrogens is 398 g/mol. The number of likely N-dealkylation sites (N-methyl/N-ethyl adjacent to an activating group) is 1. The van der Waals surface area contributed by atoms with E-state index in [1.54, 1.807) is 35.2 Å². The number of nitrogens with zero attached hydrogens (tertiary/aromatic N) is 2. The predicted molar refractivity (Wildman–Crippen MR) is 112 cm³/mol. The number of halogens is 1. The number of fused-ring (bicyclic) bond motifs is 1. The predicted octanol–water partition coefficient (Wildman–Crippen LogP) is 3.96. The van der Waals surface area contributed by atoms with Crippen LogP contribution in [-0.2, 0) is 21.4 Å². The highest BCUT2D eigenvalue weighted by Crippen LogP contribution is 2.26. The van der Waals surface area contributed by atoms with Crippen LogP contribution in [0.4, 0.5) is 5.69 Å². The normalized spacial score (nSPS) is 11.5. The van der Waals surface area contributed by atoms with Crippen molar-refractivity contribution in [2.24, 2.45) is 0 Å². The molecule has 1 heterocycles. The lowest BCUT2D eigenvalue weighted by atomic mass is 10.2. The van der Waals surface area contributed by atoms with Gasteiger partial charge in [-0.25, -0.2) is 8.42 Å². The molecule has 1 amide bonds. The summed E-state index contributed by atoms with van der Waals surface area (Å²) < 4.78 is 29.6. The Bertz CT molecular complexity index is 1100. The van der Waals surface area contributed by atoms with Crippen LogP contribution in [0.2, 0.25) is 5.02 Å². The second kappa shape index (κ2) is 8.24. The second-order valence-corrected chi connectivity index (χ2v) is 8.38. The largest absolute Gasteiger partial charge is 0.342 e. The molecule has 0 spiro atoms. The van der Waals surface area contributed by atoms with Crippen LogP contribution in [0, 0.1) is 0 Å². The van der Waals surface area contributed by atoms with Crippen LogP contribution in [0.25, 0.3) is 10.9 Å². The van der Waals surface area contributed by atoms with E-state index < -0.39 is 10.0 Å². The van der Waals surface area contributed by atoms with Crippen molar-refractivity contribution in [2.75, 3.05) is 17.8 Å². The Morgan fingerprint density at radius 2 is 1.82 bits per heavy atom. The number of sulfonamides is 1. The lowest BCUT2D eigenvalue weighted by Crippen LogP contribution is -2.33. The molecule has 0 unspecified atom stereocenters. The monoisotopic (exact) mass is 419 g/mol. The summed E-state index contributed by atoms with van der Waals surface area (Å²) in [6, 6.07) is 13.4. The van der Waals surface area contributed by atoms with Gasteiger partial charge in [-0.05, 0) is 50.2 Å². The standard InChI is InChI=1S/C20H22ClN3O3S/c1-3-23(4-2)20(25)14-24-12-11-15-13-16(9-10-18(15)24)22-28(26,27)19-8-6-5-7-17(19)21/h5-13,22H,3-4,14H2,1-2H3. The Kier molecular flexibility index (Phi) is 5.96. The number of anilines is 1. The lowest BCUT2D eigenvalue weighted by molar-refractivity contribution is -0.131. The maximum absolute atomic E-state index is 12.6. The summed E-state index contributed by atoms with van der Waals surface area (Å²) in [5, 5.41) is 1.00. The summed E-state index contributed by atoms with van der Waals surface area (Å²) in [6.45, 7) is 5.49. The molecule has 0 bridgehead atoms. The third-order valence-electron chi connectivity index (χ3n) is 4.57. The number of hydrogen-bond donors (Lipinski definition) is 1. The van der Waals surface area contributed by atoms with Crippen LogP contribution in [0.5, 0.6) is 0 Å². The summed E-state index contributed by atoms with van der Waals surface area (Å²) in [6.07, 6.45) is 1.83. The first-order valence-electron chi connectivity index (χ1n) is 8.99. The van der Waals surface area contributed by atoms with Crippen LogP contribution >= 0.6 is 11.6 Å². The van der Waals surface area contributed by atoms with Gasteiger partial charge in [0.05, 0.1) is 5.02 Å². The number of hydrogen-bond acceptors (Lipinski definition) is 3. The Morgan fingerprint density at radius 3 is 2.50 bits per heavy atom. The molecular formula is C20H22ClN3O3S. The minimum absolute atomic E-state index is 0.0270. The molecule has 8 heteroatoms. The number of rotatable bonds is 7. The molecule has 0 atom stereocenters. The third-order valence-corrected chi connectivity index (χ3v) is 6.45. The van der Waals surface area contributed by atoms with Gasteiger partial charge in [0.2, 0.25) is 5.91 Å². The van der Waals surface area contributed by atoms with Crippen molar-refractivity contribution in [3.8, 4) is 0 Å². The van der Waals surface area contributed by atoms with E-state index in [0.717, 1.165) is 10.9 Å². The first-order valence-corrected chi connectivity index (χ1v) is 10.9. The first kappa shape index (κ1) is 20.2. The fourth-order valence-electron chi connectivity index (χ4n) is 3.10. The van der Waals surface area contributed by atoms with E-state index in [4.69, 9.17) is 11.6 Å². The van der Waals surface area contributed by atoms with Gasteiger partial charge in [0, 0.05) is 35.9 Å². The van der Waals surface area contributed by atoms with Crippen LogP contribution in [0.15, 0.2) is 59.6 Å². The number of nitrogens with one attached hydrogen (secondary N) is 1. The topological polar surface area (TPSA) is 71.4 Å². The molecule has 3 rings (SSSR count). The van der Waals surface area contributed by atoms with Gasteiger partial charge in [0.1, 0.15) is 11.4 Å². The van der Waals surface area contributed by atoms with Crippen molar-refractivity contribution >= 4 is 44.1 Å². The van der Waals surface area contributed by atoms with Gasteiger partial charge in [-0.3, -0.25) is 9.52 Å². The van der Waals surface area contributed by atoms with E-state index in [2.05, 4.69) is 4.72 Å². The summed E-state index contributed by atoms with van der Waals surface area (Å²) in [7, 11) is -3.79. The molecule has 148 valence electrons. The van der Waals surface area contributed by atoms with Crippen LogP contribution in [-0.4, -0.2) is 36.9 Å². The van der Waals surface area contributed by atoms with E-state index in [0.29, 0.717) is 18.8 Å². The highest BCUT2D eigenvalue weighted by molar-refractivity contribution is 7.92. The number of amides is 1. The summed E-state index contributed by atoms with van der Waals surface area (Å²) >= 11 is 6.01. The zero-order valence-electron chi connectivity index (χ0n) is 15.7. The Balaban J connectivity index is 1.84. The van der Waals surface area contributed by atoms with Crippen LogP contribution in [0.1, 0.15) is 13.8 Å². The smallest absolute Gasteiger partial charge is 0.263 e. The molecule has 0 aliphatic carbocycles. The maximum atomic E-state index is 12.6. The molecule has 0 saturated heterocycles. The van der Waals surface area contributed by atoms with E-state index in [1.807, 2.05) is 30.7 Å². The molecule has 28 heavy (non-hydrogen) atoms. The highest BCUT2D eigenvalue weighted by Gasteiger charge is 2.18. The van der Waals surface area contributed by atoms with E-state index in [1.165, 1.54) is 12.1 Å². The highest BCUT2D eigenvalue weighted by atomic mass is 35.5. The number of carbonyl (C=O) groups excluding carboxylic acids is 1. The summed E-state index contributed by atoms with van der Waals surface area (Å²) in [4.78, 5) is 14.2. The second-order valence-electron chi connectivity index (χ2n) is 6.32. The van der Waals surface area contributed by atoms with Gasteiger partial charge >= 0.3 is 0 Å². The van der Waals surface area contributed by atoms with Crippen LogP contribution < -0.4 is 4.72 Å². The van der Waals surface area contributed by atoms with E-state index >= 15 is 0 Å². The van der Waals surface area contributed by atoms with Crippen molar-refractivity contribution < 1.29 is 13.2 Å². The fraction of sp³-hybridized carbons (Fsp3) is 0.250. The quantitative estimate of drug-likeness (QED) is 0.630. The molecule has 0 radical (unpaired) electrons. The van der Waals surface area contributed by atoms with Gasteiger partial charge in [0.25, 0.3) is 10.0 Å². The Labute approximate surface area is 169 Å². The van der Waals surface area contributed by atoms with Gasteiger partial charge in [-0.15, -0.1) is 0 Å². The molecule has 3 aromatic rings. The van der Waals surface area contributed by atoms with Gasteiger partial charge in [-0.2, -0.15) is 0 Å². The van der Waals surface area contributed by atoms with E-state index in [9.17, 15) is 13.2 Å². The molecule has 0 aliphatic rings. The molecule has 6 nitrogen and oxygen atoms in total. The molecule has 1 N–H and O–H groups in total. The van der Waals surface area contributed by atoms with Gasteiger partial charge in [0.15, 0.2) is 0 Å². The number of aromatic nitrogens is 1. The van der Waals surface area contributed by atoms with Crippen LogP contribution in [0.3, 0.4) is 0 Å². The van der Waals surface area contributed by atoms with Crippen molar-refractivity contribution in [3.63, 3.8) is 0 Å². The fourth-order valence-corrected chi connectivity index (χ4v) is 4.67. The summed E-state index contributed by atoms with van der Waals surface area (Å²) in [5.74, 6) is 0.0472. The maximum Gasteiger partial charge on any atom is 0.263 e. The first-order chi connectivity index (χ1) is 13.4. The molecule has 0 aliphatic heterocycles. The molecule has 0 fully saturated rings. The molecule has 1 aromatic heterocycles. The van der Waals surface area contributed by atoms with Gasteiger partial charge < -0.3 is 9.47 Å². The van der Waals surface area contributed by atoms with Gasteiger partial charge in [-0.1, -0.05) is 23.7 Å². The molecule has 2 aromatic carbocycles. The average Bonchev–Trinajstić information content (AvgIpc) is 3.04. The Hall–Kier alpha value is -2.51. The Morgan fingerprint density at radius 1 is 1.11 bits per heavy atom. The summed E-state index contributed by atoms with van der Waals surface area (Å²) in [5.41, 5.74) is 1.29. The SMILES string of the molecule is CCN(CC)C(=O)Cn1ccc2cc(NS(=O)(=O)c3ccccc3Cl)ccc21. The lowest BCUT2D eigenvalue weighted by Gasteiger charge is -2.19. The number of benzene rings is 2. The number of carbonyl (C=O) groups is 1. The minimum atomic E-state index is -3.79. The zero-order chi connectivity index (χ0) is 20.3. The van der Waals surface area contributed by atoms with Crippen molar-refractivity contribution in [2.45, 2.75) is 25.3 Å². The third kappa shape index (κ3) is 4.15. The minimum Gasteiger partial charge on any atom is -0.342 e. The molecule has 0 saturated carbocycles. The van der Waals surface area contributed by atoms with Crippen molar-refractivity contribution in [1.82, 2.24) is 9.47 Å². The zero-order valence-corrected chi connectivity index (χ0v) is 17.3. The van der Waals surface area contributed by atoms with Crippen molar-refractivity contribution in [3.05, 3.63) is 59.8 Å². The van der Waals surface area contributed by atoms with E-state index in [-0.39, 0.29) is 22.4 Å².